The van der Waals surface area contributed by atoms with Gasteiger partial charge < -0.3 is 19.6 Å². The van der Waals surface area contributed by atoms with Gasteiger partial charge in [0.05, 0.1) is 17.4 Å². The van der Waals surface area contributed by atoms with Gasteiger partial charge in [0.15, 0.2) is 12.2 Å². The molecule has 0 bridgehead atoms. The van der Waals surface area contributed by atoms with Crippen LogP contribution >= 0.6 is 0 Å². The van der Waals surface area contributed by atoms with Crippen molar-refractivity contribution in [2.75, 3.05) is 19.6 Å². The van der Waals surface area contributed by atoms with Crippen LogP contribution in [0.2, 0.25) is 0 Å². The number of carbonyl (C=O) groups excluding carboxylic acids is 1. The third-order valence-electron chi connectivity index (χ3n) is 7.26. The monoisotopic (exact) mass is 490 g/mol. The Morgan fingerprint density at radius 3 is 2.94 bits per heavy atom. The standard InChI is InChI=1S/C28H34N4O4/c1-19-27(36-18-31-19)17-35-26-6-5-23-15-32(8-7-22(23)11-26)16-25(33)14-30-28(34)24-10-21(12-29-13-24)9-20-3-2-4-20/h5-6,10-13,18,20,25,33H,2-4,7-9,14-17H2,1H3,(H,30,34)/t25-/m0/s1. The number of nitrogens with one attached hydrogen (secondary N) is 1. The van der Waals surface area contributed by atoms with Crippen LogP contribution < -0.4 is 10.1 Å². The third kappa shape index (κ3) is 6.12. The molecule has 190 valence electrons. The second-order valence-electron chi connectivity index (χ2n) is 10.0. The average molecular weight is 491 g/mol. The molecule has 1 aromatic carbocycles. The van der Waals surface area contributed by atoms with E-state index in [1.54, 1.807) is 6.20 Å². The average Bonchev–Trinajstić information content (AvgIpc) is 3.28. The lowest BCUT2D eigenvalue weighted by molar-refractivity contribution is 0.0841. The lowest BCUT2D eigenvalue weighted by atomic mass is 9.81. The van der Waals surface area contributed by atoms with E-state index in [1.807, 2.05) is 25.3 Å². The summed E-state index contributed by atoms with van der Waals surface area (Å²) in [6, 6.07) is 8.07. The maximum absolute atomic E-state index is 12.6. The summed E-state index contributed by atoms with van der Waals surface area (Å²) < 4.78 is 11.2. The number of β-amino-alcohol motifs (C(OH)–C–C–N with tert-alkyl or cyclic N) is 1. The number of ether oxygens (including phenoxy) is 1. The first-order chi connectivity index (χ1) is 17.5. The van der Waals surface area contributed by atoms with Gasteiger partial charge in [0.2, 0.25) is 0 Å². The summed E-state index contributed by atoms with van der Waals surface area (Å²) in [6.07, 6.45) is 9.94. The summed E-state index contributed by atoms with van der Waals surface area (Å²) in [4.78, 5) is 23.2. The number of benzene rings is 1. The summed E-state index contributed by atoms with van der Waals surface area (Å²) in [5.41, 5.74) is 5.00. The van der Waals surface area contributed by atoms with Crippen molar-refractivity contribution in [1.82, 2.24) is 20.2 Å². The van der Waals surface area contributed by atoms with Crippen molar-refractivity contribution in [3.8, 4) is 5.75 Å². The molecule has 1 amide bonds. The van der Waals surface area contributed by atoms with Gasteiger partial charge >= 0.3 is 0 Å². The maximum Gasteiger partial charge on any atom is 0.252 e. The zero-order valence-electron chi connectivity index (χ0n) is 20.8. The van der Waals surface area contributed by atoms with E-state index in [9.17, 15) is 9.90 Å². The topological polar surface area (TPSA) is 101 Å². The largest absolute Gasteiger partial charge is 0.486 e. The molecule has 5 rings (SSSR count). The number of aromatic nitrogens is 2. The number of nitrogens with zero attached hydrogens (tertiary/aromatic N) is 3. The predicted molar refractivity (Wildman–Crippen MR) is 135 cm³/mol. The molecule has 36 heavy (non-hydrogen) atoms. The lowest BCUT2D eigenvalue weighted by Crippen LogP contribution is -2.42. The Balaban J connectivity index is 1.07. The number of aliphatic hydroxyl groups is 1. The van der Waals surface area contributed by atoms with Gasteiger partial charge in [-0.15, -0.1) is 0 Å². The number of amides is 1. The molecular weight excluding hydrogens is 456 g/mol. The molecule has 0 unspecified atom stereocenters. The highest BCUT2D eigenvalue weighted by Gasteiger charge is 2.21. The van der Waals surface area contributed by atoms with Gasteiger partial charge in [0.25, 0.3) is 5.91 Å². The van der Waals surface area contributed by atoms with Crippen LogP contribution in [-0.4, -0.2) is 51.6 Å². The van der Waals surface area contributed by atoms with Crippen LogP contribution in [0.25, 0.3) is 0 Å². The molecule has 1 saturated carbocycles. The number of carbonyl (C=O) groups is 1. The summed E-state index contributed by atoms with van der Waals surface area (Å²) in [5, 5.41) is 13.4. The highest BCUT2D eigenvalue weighted by molar-refractivity contribution is 5.94. The van der Waals surface area contributed by atoms with E-state index >= 15 is 0 Å². The van der Waals surface area contributed by atoms with Crippen LogP contribution in [0.15, 0.2) is 47.5 Å². The number of aliphatic hydroxyl groups excluding tert-OH is 1. The highest BCUT2D eigenvalue weighted by atomic mass is 16.5. The molecule has 3 heterocycles. The second kappa shape index (κ2) is 11.2. The Morgan fingerprint density at radius 1 is 1.28 bits per heavy atom. The van der Waals surface area contributed by atoms with Crippen LogP contribution in [0, 0.1) is 12.8 Å². The normalized spacial score (nSPS) is 16.7. The second-order valence-corrected chi connectivity index (χ2v) is 10.0. The van der Waals surface area contributed by atoms with Crippen molar-refractivity contribution >= 4 is 5.91 Å². The summed E-state index contributed by atoms with van der Waals surface area (Å²) in [6.45, 7) is 4.57. The molecule has 0 saturated heterocycles. The Bertz CT molecular complexity index is 1190. The first kappa shape index (κ1) is 24.5. The first-order valence-corrected chi connectivity index (χ1v) is 12.8. The third-order valence-corrected chi connectivity index (χ3v) is 7.26. The van der Waals surface area contributed by atoms with Crippen molar-refractivity contribution < 1.29 is 19.1 Å². The van der Waals surface area contributed by atoms with E-state index in [-0.39, 0.29) is 12.5 Å². The van der Waals surface area contributed by atoms with E-state index in [1.165, 1.54) is 36.8 Å². The minimum Gasteiger partial charge on any atom is -0.486 e. The van der Waals surface area contributed by atoms with Gasteiger partial charge in [-0.1, -0.05) is 25.3 Å². The van der Waals surface area contributed by atoms with E-state index < -0.39 is 6.10 Å². The molecule has 1 atom stereocenters. The van der Waals surface area contributed by atoms with Crippen molar-refractivity contribution in [2.45, 2.75) is 58.3 Å². The Morgan fingerprint density at radius 2 is 2.17 bits per heavy atom. The van der Waals surface area contributed by atoms with Gasteiger partial charge in [0, 0.05) is 38.6 Å². The number of hydrogen-bond acceptors (Lipinski definition) is 7. The van der Waals surface area contributed by atoms with Gasteiger partial charge in [-0.2, -0.15) is 0 Å². The molecule has 8 heteroatoms. The van der Waals surface area contributed by atoms with Gasteiger partial charge in [-0.25, -0.2) is 4.98 Å². The fourth-order valence-corrected chi connectivity index (χ4v) is 4.88. The number of fused-ring (bicyclic) bond motifs is 1. The molecule has 0 spiro atoms. The van der Waals surface area contributed by atoms with Crippen molar-refractivity contribution in [3.63, 3.8) is 0 Å². The van der Waals surface area contributed by atoms with Gasteiger partial charge in [-0.05, 0) is 60.6 Å². The van der Waals surface area contributed by atoms with Gasteiger partial charge in [-0.3, -0.25) is 14.7 Å². The van der Waals surface area contributed by atoms with Crippen LogP contribution in [0.4, 0.5) is 0 Å². The highest BCUT2D eigenvalue weighted by Crippen LogP contribution is 2.29. The Kier molecular flexibility index (Phi) is 7.63. The van der Waals surface area contributed by atoms with Crippen molar-refractivity contribution in [3.05, 3.63) is 76.8 Å². The maximum atomic E-state index is 12.6. The summed E-state index contributed by atoms with van der Waals surface area (Å²) >= 11 is 0. The van der Waals surface area contributed by atoms with E-state index in [2.05, 4.69) is 32.3 Å². The van der Waals surface area contributed by atoms with Gasteiger partial charge in [0.1, 0.15) is 12.4 Å². The lowest BCUT2D eigenvalue weighted by Gasteiger charge is -2.30. The minimum absolute atomic E-state index is 0.186. The quantitative estimate of drug-likeness (QED) is 0.449. The SMILES string of the molecule is Cc1ncoc1COc1ccc2c(c1)CCN(C[C@@H](O)CNC(=O)c1cncc(CC3CCC3)c1)C2. The number of hydrogen-bond donors (Lipinski definition) is 2. The fourth-order valence-electron chi connectivity index (χ4n) is 4.88. The molecule has 2 aromatic heterocycles. The predicted octanol–water partition coefficient (Wildman–Crippen LogP) is 3.45. The molecule has 0 radical (unpaired) electrons. The molecule has 3 aromatic rings. The summed E-state index contributed by atoms with van der Waals surface area (Å²) in [5.74, 6) is 2.09. The van der Waals surface area contributed by atoms with Crippen molar-refractivity contribution in [1.29, 1.82) is 0 Å². The number of pyridine rings is 1. The van der Waals surface area contributed by atoms with Crippen LogP contribution in [0.1, 0.15) is 57.8 Å². The minimum atomic E-state index is -0.644. The Hall–Kier alpha value is -3.23. The number of aryl methyl sites for hydroxylation is 1. The van der Waals surface area contributed by atoms with E-state index in [0.717, 1.165) is 54.6 Å². The van der Waals surface area contributed by atoms with Crippen LogP contribution in [0.3, 0.4) is 0 Å². The molecule has 8 nitrogen and oxygen atoms in total. The Labute approximate surface area is 211 Å². The van der Waals surface area contributed by atoms with Crippen LogP contribution in [-0.2, 0) is 26.0 Å². The smallest absolute Gasteiger partial charge is 0.252 e. The summed E-state index contributed by atoms with van der Waals surface area (Å²) in [7, 11) is 0. The van der Waals surface area contributed by atoms with E-state index in [0.29, 0.717) is 18.7 Å². The molecule has 2 N–H and O–H groups in total. The molecule has 2 aliphatic rings. The molecule has 1 aliphatic heterocycles. The number of rotatable bonds is 10. The first-order valence-electron chi connectivity index (χ1n) is 12.8. The number of oxazole rings is 1. The zero-order chi connectivity index (χ0) is 24.9. The van der Waals surface area contributed by atoms with E-state index in [4.69, 9.17) is 9.15 Å². The van der Waals surface area contributed by atoms with Crippen LogP contribution in [0.5, 0.6) is 5.75 Å². The molecule has 1 fully saturated rings. The fraction of sp³-hybridized carbons (Fsp3) is 0.464. The molecule has 1 aliphatic carbocycles. The van der Waals surface area contributed by atoms with Crippen molar-refractivity contribution in [2.24, 2.45) is 5.92 Å². The molecular formula is C28H34N4O4. The zero-order valence-corrected chi connectivity index (χ0v) is 20.8.